The Labute approximate surface area is 140 Å². The second-order valence-electron chi connectivity index (χ2n) is 6.12. The number of hydrogen-bond acceptors (Lipinski definition) is 4. The summed E-state index contributed by atoms with van der Waals surface area (Å²) in [7, 11) is 0. The third-order valence-corrected chi connectivity index (χ3v) is 5.40. The molecule has 2 aromatic heterocycles. The van der Waals surface area contributed by atoms with E-state index >= 15 is 0 Å². The van der Waals surface area contributed by atoms with E-state index in [1.165, 1.54) is 11.3 Å². The van der Waals surface area contributed by atoms with E-state index < -0.39 is 0 Å². The van der Waals surface area contributed by atoms with Crippen LogP contribution in [0, 0.1) is 12.3 Å². The fourth-order valence-corrected chi connectivity index (χ4v) is 3.66. The number of H-pyrrole nitrogens is 1. The van der Waals surface area contributed by atoms with Crippen molar-refractivity contribution in [1.29, 1.82) is 0 Å². The Kier molecular flexibility index (Phi) is 4.24. The largest absolute Gasteiger partial charge is 0.335 e. The second kappa shape index (κ2) is 6.19. The summed E-state index contributed by atoms with van der Waals surface area (Å²) < 4.78 is 0. The molecule has 0 aliphatic carbocycles. The molecule has 1 aliphatic heterocycles. The maximum absolute atomic E-state index is 12.7. The van der Waals surface area contributed by atoms with Crippen molar-refractivity contribution in [3.8, 4) is 22.9 Å². The van der Waals surface area contributed by atoms with Gasteiger partial charge in [0.2, 0.25) is 0 Å². The average molecular weight is 328 g/mol. The zero-order chi connectivity index (χ0) is 16.4. The monoisotopic (exact) mass is 328 g/mol. The summed E-state index contributed by atoms with van der Waals surface area (Å²) in [5.74, 6) is 2.92. The molecule has 0 saturated carbocycles. The van der Waals surface area contributed by atoms with Crippen LogP contribution in [0.2, 0.25) is 0 Å². The molecule has 1 saturated heterocycles. The van der Waals surface area contributed by atoms with E-state index in [1.807, 2.05) is 36.9 Å². The third-order valence-electron chi connectivity index (χ3n) is 4.29. The topological polar surface area (TPSA) is 52.2 Å². The van der Waals surface area contributed by atoms with E-state index in [4.69, 9.17) is 6.42 Å². The number of carbonyl (C=O) groups excluding carboxylic acids is 1. The van der Waals surface area contributed by atoms with Crippen molar-refractivity contribution in [2.75, 3.05) is 26.2 Å². The Bertz CT molecular complexity index is 718. The maximum Gasteiger partial charge on any atom is 0.264 e. The number of terminal acetylenes is 1. The highest BCUT2D eigenvalue weighted by Crippen LogP contribution is 2.27. The number of carbonyl (C=O) groups is 1. The van der Waals surface area contributed by atoms with Crippen LogP contribution in [0.4, 0.5) is 0 Å². The lowest BCUT2D eigenvalue weighted by atomic mass is 10.0. The first-order valence-corrected chi connectivity index (χ1v) is 8.44. The Morgan fingerprint density at radius 3 is 2.65 bits per heavy atom. The van der Waals surface area contributed by atoms with Crippen LogP contribution in [0.1, 0.15) is 23.5 Å². The van der Waals surface area contributed by atoms with Crippen molar-refractivity contribution in [1.82, 2.24) is 20.0 Å². The molecule has 3 heterocycles. The van der Waals surface area contributed by atoms with Crippen molar-refractivity contribution in [2.24, 2.45) is 0 Å². The summed E-state index contributed by atoms with van der Waals surface area (Å²) >= 11 is 1.49. The van der Waals surface area contributed by atoms with Crippen LogP contribution in [0.5, 0.6) is 0 Å². The van der Waals surface area contributed by atoms with Gasteiger partial charge in [-0.05, 0) is 32.0 Å². The Hall–Kier alpha value is -2.10. The summed E-state index contributed by atoms with van der Waals surface area (Å²) in [6.45, 7) is 7.12. The van der Waals surface area contributed by atoms with E-state index in [-0.39, 0.29) is 11.4 Å². The van der Waals surface area contributed by atoms with Crippen LogP contribution in [0.25, 0.3) is 10.6 Å². The molecule has 1 N–H and O–H groups in total. The number of rotatable bonds is 3. The summed E-state index contributed by atoms with van der Waals surface area (Å²) in [6.07, 6.45) is 7.30. The summed E-state index contributed by atoms with van der Waals surface area (Å²) in [5, 5.41) is 6.87. The minimum absolute atomic E-state index is 0.0962. The molecule has 0 unspecified atom stereocenters. The average Bonchev–Trinajstić information content (AvgIpc) is 3.25. The first-order valence-electron chi connectivity index (χ1n) is 7.63. The zero-order valence-electron chi connectivity index (χ0n) is 13.4. The van der Waals surface area contributed by atoms with Crippen LogP contribution < -0.4 is 0 Å². The van der Waals surface area contributed by atoms with Gasteiger partial charge in [-0.15, -0.1) is 17.8 Å². The second-order valence-corrected chi connectivity index (χ2v) is 7.20. The van der Waals surface area contributed by atoms with Gasteiger partial charge in [0, 0.05) is 32.4 Å². The number of nitrogens with one attached hydrogen (secondary N) is 1. The lowest BCUT2D eigenvalue weighted by Crippen LogP contribution is -2.55. The van der Waals surface area contributed by atoms with Crippen LogP contribution in [-0.2, 0) is 0 Å². The van der Waals surface area contributed by atoms with E-state index in [2.05, 4.69) is 21.0 Å². The number of aromatic nitrogens is 2. The molecule has 1 aliphatic rings. The minimum atomic E-state index is -0.258. The van der Waals surface area contributed by atoms with Gasteiger partial charge in [-0.1, -0.05) is 5.92 Å². The smallest absolute Gasteiger partial charge is 0.264 e. The molecule has 1 amide bonds. The number of piperazine rings is 1. The first-order chi connectivity index (χ1) is 11.0. The summed E-state index contributed by atoms with van der Waals surface area (Å²) in [5.41, 5.74) is 0.681. The van der Waals surface area contributed by atoms with Gasteiger partial charge < -0.3 is 4.90 Å². The van der Waals surface area contributed by atoms with Crippen LogP contribution in [0.15, 0.2) is 24.4 Å². The molecule has 120 valence electrons. The number of hydrogen-bond donors (Lipinski definition) is 1. The fourth-order valence-electron chi connectivity index (χ4n) is 2.71. The van der Waals surface area contributed by atoms with Gasteiger partial charge in [0.05, 0.1) is 21.0 Å². The van der Waals surface area contributed by atoms with E-state index in [9.17, 15) is 4.79 Å². The normalized spacial score (nSPS) is 16.3. The predicted octanol–water partition coefficient (Wildman–Crippen LogP) is 2.31. The molecule has 0 atom stereocenters. The highest BCUT2D eigenvalue weighted by molar-refractivity contribution is 7.17. The SMILES string of the molecule is C#CC(C)(C)N1CCN(C(=O)c2ccc(-c3ccn[nH]3)s2)CC1. The molecule has 1 fully saturated rings. The number of nitrogens with zero attached hydrogens (tertiary/aromatic N) is 3. The van der Waals surface area contributed by atoms with Crippen LogP contribution >= 0.6 is 11.3 Å². The molecule has 2 aromatic rings. The van der Waals surface area contributed by atoms with E-state index in [0.717, 1.165) is 28.5 Å². The van der Waals surface area contributed by atoms with Gasteiger partial charge in [0.15, 0.2) is 0 Å². The maximum atomic E-state index is 12.7. The zero-order valence-corrected chi connectivity index (χ0v) is 14.2. The minimum Gasteiger partial charge on any atom is -0.335 e. The number of thiophene rings is 1. The van der Waals surface area contributed by atoms with Gasteiger partial charge >= 0.3 is 0 Å². The lowest BCUT2D eigenvalue weighted by molar-refractivity contribution is 0.0528. The number of aromatic amines is 1. The first kappa shape index (κ1) is 15.8. The molecule has 6 heteroatoms. The predicted molar refractivity (Wildman–Crippen MR) is 92.3 cm³/mol. The molecule has 3 rings (SSSR count). The van der Waals surface area contributed by atoms with Gasteiger partial charge in [0.25, 0.3) is 5.91 Å². The molecule has 0 radical (unpaired) electrons. The van der Waals surface area contributed by atoms with E-state index in [1.54, 1.807) is 6.20 Å². The number of amides is 1. The van der Waals surface area contributed by atoms with Crippen molar-refractivity contribution < 1.29 is 4.79 Å². The van der Waals surface area contributed by atoms with Crippen LogP contribution in [0.3, 0.4) is 0 Å². The lowest BCUT2D eigenvalue weighted by Gasteiger charge is -2.41. The molecule has 0 spiro atoms. The third kappa shape index (κ3) is 3.16. The highest BCUT2D eigenvalue weighted by Gasteiger charge is 2.30. The van der Waals surface area contributed by atoms with Crippen molar-refractivity contribution in [2.45, 2.75) is 19.4 Å². The van der Waals surface area contributed by atoms with Crippen molar-refractivity contribution in [3.63, 3.8) is 0 Å². The fraction of sp³-hybridized carbons (Fsp3) is 0.412. The van der Waals surface area contributed by atoms with Crippen molar-refractivity contribution >= 4 is 17.2 Å². The molecule has 0 bridgehead atoms. The Morgan fingerprint density at radius 1 is 1.30 bits per heavy atom. The standard InChI is InChI=1S/C17H20N4OS/c1-4-17(2,3)21-11-9-20(10-12-21)16(22)15-6-5-14(23-15)13-7-8-18-19-13/h1,5-8H,9-12H2,2-3H3,(H,18,19). The molecule has 5 nitrogen and oxygen atoms in total. The van der Waals surface area contributed by atoms with Gasteiger partial charge in [-0.2, -0.15) is 5.10 Å². The van der Waals surface area contributed by atoms with Gasteiger partial charge in [0.1, 0.15) is 0 Å². The molecule has 0 aromatic carbocycles. The highest BCUT2D eigenvalue weighted by atomic mass is 32.1. The summed E-state index contributed by atoms with van der Waals surface area (Å²) in [6, 6.07) is 5.75. The Morgan fingerprint density at radius 2 is 2.04 bits per heavy atom. The van der Waals surface area contributed by atoms with Gasteiger partial charge in [-0.25, -0.2) is 0 Å². The van der Waals surface area contributed by atoms with Crippen LogP contribution in [-0.4, -0.2) is 57.6 Å². The van der Waals surface area contributed by atoms with Gasteiger partial charge in [-0.3, -0.25) is 14.8 Å². The molecular formula is C17H20N4OS. The summed E-state index contributed by atoms with van der Waals surface area (Å²) in [4.78, 5) is 18.6. The molecule has 23 heavy (non-hydrogen) atoms. The van der Waals surface area contributed by atoms with Crippen molar-refractivity contribution in [3.05, 3.63) is 29.3 Å². The van der Waals surface area contributed by atoms with E-state index in [0.29, 0.717) is 13.1 Å². The quantitative estimate of drug-likeness (QED) is 0.880. The molecular weight excluding hydrogens is 308 g/mol. The Balaban J connectivity index is 1.65.